The molecule has 0 saturated carbocycles. The fraction of sp³-hybridized carbons (Fsp3) is 0.375. The first-order valence-corrected chi connectivity index (χ1v) is 10.8. The molecule has 0 spiro atoms. The van der Waals surface area contributed by atoms with Crippen molar-refractivity contribution in [3.63, 3.8) is 0 Å². The van der Waals surface area contributed by atoms with Gasteiger partial charge in [0.15, 0.2) is 0 Å². The van der Waals surface area contributed by atoms with Crippen molar-refractivity contribution in [3.8, 4) is 5.75 Å². The lowest BCUT2D eigenvalue weighted by Gasteiger charge is -2.32. The molecule has 1 aliphatic rings. The molecular weight excluding hydrogens is 411 g/mol. The Morgan fingerprint density at radius 1 is 1.22 bits per heavy atom. The van der Waals surface area contributed by atoms with Gasteiger partial charge in [-0.2, -0.15) is 0 Å². The van der Waals surface area contributed by atoms with Crippen LogP contribution in [0.1, 0.15) is 18.7 Å². The number of hydrogen-bond donors (Lipinski definition) is 1. The summed E-state index contributed by atoms with van der Waals surface area (Å²) in [5, 5.41) is 3.34. The normalized spacial score (nSPS) is 15.1. The Kier molecular flexibility index (Phi) is 6.50. The number of anilines is 1. The van der Waals surface area contributed by atoms with Crippen molar-refractivity contribution in [2.75, 3.05) is 32.1 Å². The number of aromatic nitrogens is 2. The van der Waals surface area contributed by atoms with Gasteiger partial charge in [0, 0.05) is 24.4 Å². The molecule has 1 saturated heterocycles. The molecule has 0 atom stereocenters. The Hall–Kier alpha value is -3.26. The van der Waals surface area contributed by atoms with Gasteiger partial charge in [-0.05, 0) is 63.0 Å². The molecule has 1 aromatic heterocycles. The lowest BCUT2D eigenvalue weighted by atomic mass is 9.96. The number of carbonyl (C=O) groups is 1. The molecule has 168 valence electrons. The van der Waals surface area contributed by atoms with E-state index >= 15 is 0 Å². The van der Waals surface area contributed by atoms with Gasteiger partial charge in [0.1, 0.15) is 17.4 Å². The van der Waals surface area contributed by atoms with Crippen molar-refractivity contribution in [2.24, 2.45) is 5.92 Å². The lowest BCUT2D eigenvalue weighted by molar-refractivity contribution is -0.117. The summed E-state index contributed by atoms with van der Waals surface area (Å²) >= 11 is 0. The number of aryl methyl sites for hydroxylation is 1. The minimum Gasteiger partial charge on any atom is -0.497 e. The van der Waals surface area contributed by atoms with E-state index in [0.29, 0.717) is 47.2 Å². The van der Waals surface area contributed by atoms with Gasteiger partial charge in [-0.15, -0.1) is 0 Å². The van der Waals surface area contributed by atoms with E-state index < -0.39 is 5.82 Å². The van der Waals surface area contributed by atoms with Gasteiger partial charge < -0.3 is 10.1 Å². The molecule has 1 N–H and O–H groups in total. The Morgan fingerprint density at radius 2 is 2.00 bits per heavy atom. The summed E-state index contributed by atoms with van der Waals surface area (Å²) in [6.45, 7) is 4.26. The summed E-state index contributed by atoms with van der Waals surface area (Å²) < 4.78 is 20.3. The van der Waals surface area contributed by atoms with Gasteiger partial charge in [0.2, 0.25) is 5.91 Å². The maximum absolute atomic E-state index is 13.5. The van der Waals surface area contributed by atoms with Gasteiger partial charge in [0.25, 0.3) is 5.56 Å². The SMILES string of the molecule is COc1cccc(NC(=O)CN2CCC(Cn3c(C)nc4cc(F)ccc4c3=O)CC2)c1. The van der Waals surface area contributed by atoms with Crippen LogP contribution in [0.4, 0.5) is 10.1 Å². The third kappa shape index (κ3) is 4.96. The fourth-order valence-corrected chi connectivity index (χ4v) is 4.21. The Bertz CT molecular complexity index is 1190. The topological polar surface area (TPSA) is 76.5 Å². The smallest absolute Gasteiger partial charge is 0.261 e. The summed E-state index contributed by atoms with van der Waals surface area (Å²) in [6, 6.07) is 11.4. The van der Waals surface area contributed by atoms with E-state index in [1.165, 1.54) is 18.2 Å². The number of fused-ring (bicyclic) bond motifs is 1. The molecule has 1 fully saturated rings. The van der Waals surface area contributed by atoms with Gasteiger partial charge in [-0.3, -0.25) is 19.1 Å². The first-order chi connectivity index (χ1) is 15.4. The first-order valence-electron chi connectivity index (χ1n) is 10.8. The van der Waals surface area contributed by atoms with Crippen LogP contribution in [0, 0.1) is 18.7 Å². The molecule has 0 radical (unpaired) electrons. The minimum atomic E-state index is -0.399. The number of methoxy groups -OCH3 is 1. The summed E-state index contributed by atoms with van der Waals surface area (Å²) in [4.78, 5) is 31.9. The van der Waals surface area contributed by atoms with Crippen molar-refractivity contribution in [1.29, 1.82) is 0 Å². The van der Waals surface area contributed by atoms with E-state index in [0.717, 1.165) is 25.9 Å². The minimum absolute atomic E-state index is 0.0604. The first kappa shape index (κ1) is 22.0. The van der Waals surface area contributed by atoms with Crippen molar-refractivity contribution >= 4 is 22.5 Å². The number of hydrogen-bond acceptors (Lipinski definition) is 5. The standard InChI is InChI=1S/C24H27FN4O3/c1-16-26-22-12-18(25)6-7-21(22)24(31)29(16)14-17-8-10-28(11-9-17)15-23(30)27-19-4-3-5-20(13-19)32-2/h3-7,12-13,17H,8-11,14-15H2,1-2H3,(H,27,30). The fourth-order valence-electron chi connectivity index (χ4n) is 4.21. The molecule has 8 heteroatoms. The summed E-state index contributed by atoms with van der Waals surface area (Å²) in [6.07, 6.45) is 1.78. The number of halogens is 1. The van der Waals surface area contributed by atoms with Crippen LogP contribution >= 0.6 is 0 Å². The van der Waals surface area contributed by atoms with Crippen LogP contribution in [0.5, 0.6) is 5.75 Å². The highest BCUT2D eigenvalue weighted by molar-refractivity contribution is 5.92. The van der Waals surface area contributed by atoms with Crippen LogP contribution in [0.25, 0.3) is 10.9 Å². The number of carbonyl (C=O) groups excluding carboxylic acids is 1. The number of ether oxygens (including phenoxy) is 1. The maximum atomic E-state index is 13.5. The highest BCUT2D eigenvalue weighted by Crippen LogP contribution is 2.21. The number of amides is 1. The number of piperidine rings is 1. The van der Waals surface area contributed by atoms with E-state index in [1.54, 1.807) is 24.7 Å². The lowest BCUT2D eigenvalue weighted by Crippen LogP contribution is -2.40. The van der Waals surface area contributed by atoms with Crippen molar-refractivity contribution in [3.05, 3.63) is 64.5 Å². The number of rotatable bonds is 6. The van der Waals surface area contributed by atoms with Crippen molar-refractivity contribution in [2.45, 2.75) is 26.3 Å². The Labute approximate surface area is 185 Å². The van der Waals surface area contributed by atoms with Crippen LogP contribution in [0.15, 0.2) is 47.3 Å². The molecule has 32 heavy (non-hydrogen) atoms. The largest absolute Gasteiger partial charge is 0.497 e. The molecule has 0 unspecified atom stereocenters. The molecule has 0 bridgehead atoms. The summed E-state index contributed by atoms with van der Waals surface area (Å²) in [7, 11) is 1.59. The predicted molar refractivity (Wildman–Crippen MR) is 121 cm³/mol. The van der Waals surface area contributed by atoms with Crippen LogP contribution in [-0.4, -0.2) is 47.1 Å². The van der Waals surface area contributed by atoms with E-state index in [1.807, 2.05) is 18.2 Å². The second-order valence-corrected chi connectivity index (χ2v) is 8.24. The zero-order valence-electron chi connectivity index (χ0n) is 18.3. The molecule has 0 aliphatic carbocycles. The van der Waals surface area contributed by atoms with Gasteiger partial charge in [-0.25, -0.2) is 9.37 Å². The monoisotopic (exact) mass is 438 g/mol. The van der Waals surface area contributed by atoms with E-state index in [2.05, 4.69) is 15.2 Å². The third-order valence-electron chi connectivity index (χ3n) is 5.98. The number of nitrogens with zero attached hydrogens (tertiary/aromatic N) is 3. The quantitative estimate of drug-likeness (QED) is 0.640. The Morgan fingerprint density at radius 3 is 2.75 bits per heavy atom. The number of likely N-dealkylation sites (tertiary alicyclic amines) is 1. The maximum Gasteiger partial charge on any atom is 0.261 e. The summed E-state index contributed by atoms with van der Waals surface area (Å²) in [5.74, 6) is 1.15. The molecule has 2 heterocycles. The highest BCUT2D eigenvalue weighted by Gasteiger charge is 2.22. The second kappa shape index (κ2) is 9.48. The molecule has 4 rings (SSSR count). The molecule has 7 nitrogen and oxygen atoms in total. The van der Waals surface area contributed by atoms with E-state index in [-0.39, 0.29) is 11.5 Å². The second-order valence-electron chi connectivity index (χ2n) is 8.24. The average Bonchev–Trinajstić information content (AvgIpc) is 2.77. The molecule has 1 aliphatic heterocycles. The van der Waals surface area contributed by atoms with Crippen LogP contribution in [-0.2, 0) is 11.3 Å². The van der Waals surface area contributed by atoms with Gasteiger partial charge >= 0.3 is 0 Å². The Balaban J connectivity index is 1.33. The zero-order valence-corrected chi connectivity index (χ0v) is 18.3. The molecule has 2 aromatic carbocycles. The van der Waals surface area contributed by atoms with Crippen LogP contribution < -0.4 is 15.6 Å². The molecule has 3 aromatic rings. The van der Waals surface area contributed by atoms with E-state index in [9.17, 15) is 14.0 Å². The third-order valence-corrected chi connectivity index (χ3v) is 5.98. The van der Waals surface area contributed by atoms with Crippen molar-refractivity contribution in [1.82, 2.24) is 14.5 Å². The molecular formula is C24H27FN4O3. The van der Waals surface area contributed by atoms with Gasteiger partial charge in [-0.1, -0.05) is 6.07 Å². The predicted octanol–water partition coefficient (Wildman–Crippen LogP) is 3.20. The number of benzene rings is 2. The average molecular weight is 439 g/mol. The zero-order chi connectivity index (χ0) is 22.7. The van der Waals surface area contributed by atoms with Crippen LogP contribution in [0.3, 0.4) is 0 Å². The van der Waals surface area contributed by atoms with Crippen LogP contribution in [0.2, 0.25) is 0 Å². The van der Waals surface area contributed by atoms with Gasteiger partial charge in [0.05, 0.1) is 24.6 Å². The van der Waals surface area contributed by atoms with E-state index in [4.69, 9.17) is 4.74 Å². The molecule has 1 amide bonds. The van der Waals surface area contributed by atoms with Crippen molar-refractivity contribution < 1.29 is 13.9 Å². The highest BCUT2D eigenvalue weighted by atomic mass is 19.1. The number of nitrogens with one attached hydrogen (secondary N) is 1. The summed E-state index contributed by atoms with van der Waals surface area (Å²) in [5.41, 5.74) is 0.969.